The molecule has 2 heterocycles. The number of benzene rings is 1. The fourth-order valence-electron chi connectivity index (χ4n) is 2.54. The molecule has 0 amide bonds. The Morgan fingerprint density at radius 2 is 2.28 bits per heavy atom. The number of halogens is 1. The zero-order chi connectivity index (χ0) is 12.7. The number of hydrogen-bond donors (Lipinski definition) is 1. The highest BCUT2D eigenvalue weighted by molar-refractivity contribution is 6.30. The van der Waals surface area contributed by atoms with E-state index in [1.54, 1.807) is 0 Å². The van der Waals surface area contributed by atoms with Crippen LogP contribution in [0.25, 0.3) is 11.4 Å². The molecule has 4 heteroatoms. The molecule has 1 aliphatic rings. The van der Waals surface area contributed by atoms with E-state index in [2.05, 4.69) is 40.7 Å². The highest BCUT2D eigenvalue weighted by Gasteiger charge is 2.23. The summed E-state index contributed by atoms with van der Waals surface area (Å²) < 4.78 is 2.21. The molecule has 0 bridgehead atoms. The third-order valence-corrected chi connectivity index (χ3v) is 3.78. The second kappa shape index (κ2) is 4.41. The van der Waals surface area contributed by atoms with Crippen molar-refractivity contribution in [2.24, 2.45) is 5.73 Å². The molecule has 2 N–H and O–H groups in total. The van der Waals surface area contributed by atoms with Crippen molar-refractivity contribution in [1.29, 1.82) is 0 Å². The first-order valence-corrected chi connectivity index (χ1v) is 6.60. The van der Waals surface area contributed by atoms with E-state index >= 15 is 0 Å². The third kappa shape index (κ3) is 1.93. The summed E-state index contributed by atoms with van der Waals surface area (Å²) >= 11 is 6.23. The quantitative estimate of drug-likeness (QED) is 0.858. The topological polar surface area (TPSA) is 43.8 Å². The monoisotopic (exact) mass is 261 g/mol. The van der Waals surface area contributed by atoms with Crippen molar-refractivity contribution in [3.8, 4) is 11.4 Å². The van der Waals surface area contributed by atoms with E-state index in [4.69, 9.17) is 17.3 Å². The fourth-order valence-corrected chi connectivity index (χ4v) is 2.80. The number of fused-ring (bicyclic) bond motifs is 1. The van der Waals surface area contributed by atoms with Crippen molar-refractivity contribution >= 4 is 11.6 Å². The number of rotatable bonds is 1. The first-order valence-electron chi connectivity index (χ1n) is 6.22. The van der Waals surface area contributed by atoms with Gasteiger partial charge in [-0.1, -0.05) is 35.4 Å². The minimum absolute atomic E-state index is 0.206. The fraction of sp³-hybridized carbons (Fsp3) is 0.357. The first-order chi connectivity index (χ1) is 8.65. The summed E-state index contributed by atoms with van der Waals surface area (Å²) in [5.41, 5.74) is 9.42. The van der Waals surface area contributed by atoms with E-state index in [1.165, 1.54) is 5.56 Å². The van der Waals surface area contributed by atoms with E-state index in [0.717, 1.165) is 36.5 Å². The van der Waals surface area contributed by atoms with Crippen LogP contribution in [0.5, 0.6) is 0 Å². The van der Waals surface area contributed by atoms with E-state index < -0.39 is 0 Å². The van der Waals surface area contributed by atoms with Crippen LogP contribution in [-0.2, 0) is 13.0 Å². The van der Waals surface area contributed by atoms with Gasteiger partial charge in [0.25, 0.3) is 0 Å². The smallest absolute Gasteiger partial charge is 0.151 e. The maximum Gasteiger partial charge on any atom is 0.151 e. The standard InChI is InChI=1S/C14H16ClN3/c1-9-3-2-4-10(7-9)14-17-13(15)12-8-11(16)5-6-18(12)14/h2-4,7,11H,5-6,8,16H2,1H3. The molecular weight excluding hydrogens is 246 g/mol. The molecule has 1 atom stereocenters. The van der Waals surface area contributed by atoms with Gasteiger partial charge in [0.05, 0.1) is 5.69 Å². The predicted octanol–water partition coefficient (Wildman–Crippen LogP) is 2.79. The molecule has 0 aliphatic carbocycles. The van der Waals surface area contributed by atoms with Crippen molar-refractivity contribution in [2.75, 3.05) is 0 Å². The molecule has 1 unspecified atom stereocenters. The number of nitrogens with zero attached hydrogens (tertiary/aromatic N) is 2. The average Bonchev–Trinajstić information content (AvgIpc) is 2.67. The van der Waals surface area contributed by atoms with Gasteiger partial charge in [-0.2, -0.15) is 0 Å². The van der Waals surface area contributed by atoms with Crippen molar-refractivity contribution in [2.45, 2.75) is 32.4 Å². The molecule has 18 heavy (non-hydrogen) atoms. The highest BCUT2D eigenvalue weighted by atomic mass is 35.5. The van der Waals surface area contributed by atoms with Crippen LogP contribution in [0.2, 0.25) is 5.15 Å². The molecule has 0 saturated heterocycles. The van der Waals surface area contributed by atoms with Gasteiger partial charge in [0.1, 0.15) is 5.82 Å². The lowest BCUT2D eigenvalue weighted by Gasteiger charge is -2.22. The van der Waals surface area contributed by atoms with Gasteiger partial charge < -0.3 is 10.3 Å². The minimum Gasteiger partial charge on any atom is -0.327 e. The van der Waals surface area contributed by atoms with Crippen LogP contribution in [0.3, 0.4) is 0 Å². The Morgan fingerprint density at radius 3 is 3.06 bits per heavy atom. The average molecular weight is 262 g/mol. The summed E-state index contributed by atoms with van der Waals surface area (Å²) in [6.45, 7) is 2.99. The molecule has 1 aromatic carbocycles. The van der Waals surface area contributed by atoms with E-state index in [9.17, 15) is 0 Å². The SMILES string of the molecule is Cc1cccc(-c2nc(Cl)c3n2CCC(N)C3)c1. The zero-order valence-electron chi connectivity index (χ0n) is 10.4. The lowest BCUT2D eigenvalue weighted by molar-refractivity contribution is 0.475. The Balaban J connectivity index is 2.11. The van der Waals surface area contributed by atoms with Crippen LogP contribution >= 0.6 is 11.6 Å². The highest BCUT2D eigenvalue weighted by Crippen LogP contribution is 2.29. The van der Waals surface area contributed by atoms with Crippen molar-refractivity contribution in [1.82, 2.24) is 9.55 Å². The Bertz CT molecular complexity index is 589. The Labute approximate surface area is 112 Å². The maximum atomic E-state index is 6.23. The summed E-state index contributed by atoms with van der Waals surface area (Å²) in [5.74, 6) is 0.964. The summed E-state index contributed by atoms with van der Waals surface area (Å²) in [6.07, 6.45) is 1.80. The van der Waals surface area contributed by atoms with Gasteiger partial charge in [0.15, 0.2) is 5.15 Å². The van der Waals surface area contributed by atoms with Gasteiger partial charge in [0.2, 0.25) is 0 Å². The second-order valence-corrected chi connectivity index (χ2v) is 5.30. The van der Waals surface area contributed by atoms with Crippen molar-refractivity contribution in [3.05, 3.63) is 40.7 Å². The molecule has 3 nitrogen and oxygen atoms in total. The number of aryl methyl sites for hydroxylation is 1. The Hall–Kier alpha value is -1.32. The van der Waals surface area contributed by atoms with Crippen molar-refractivity contribution < 1.29 is 0 Å². The molecule has 3 rings (SSSR count). The molecular formula is C14H16ClN3. The molecule has 0 radical (unpaired) electrons. The summed E-state index contributed by atoms with van der Waals surface area (Å²) in [6, 6.07) is 8.56. The summed E-state index contributed by atoms with van der Waals surface area (Å²) in [7, 11) is 0. The first kappa shape index (κ1) is 11.8. The van der Waals surface area contributed by atoms with Gasteiger partial charge in [-0.25, -0.2) is 4.98 Å². The molecule has 94 valence electrons. The normalized spacial score (nSPS) is 18.7. The number of hydrogen-bond acceptors (Lipinski definition) is 2. The van der Waals surface area contributed by atoms with E-state index in [-0.39, 0.29) is 6.04 Å². The third-order valence-electron chi connectivity index (χ3n) is 3.48. The largest absolute Gasteiger partial charge is 0.327 e. The van der Waals surface area contributed by atoms with Gasteiger partial charge in [-0.05, 0) is 19.4 Å². The Kier molecular flexibility index (Phi) is 2.88. The van der Waals surface area contributed by atoms with Crippen LogP contribution < -0.4 is 5.73 Å². The van der Waals surface area contributed by atoms with Gasteiger partial charge in [0, 0.05) is 24.6 Å². The lowest BCUT2D eigenvalue weighted by Crippen LogP contribution is -2.30. The van der Waals surface area contributed by atoms with Crippen LogP contribution in [0.4, 0.5) is 0 Å². The van der Waals surface area contributed by atoms with E-state index in [1.807, 2.05) is 0 Å². The number of nitrogens with two attached hydrogens (primary N) is 1. The van der Waals surface area contributed by atoms with E-state index in [0.29, 0.717) is 5.15 Å². The lowest BCUT2D eigenvalue weighted by atomic mass is 10.0. The summed E-state index contributed by atoms with van der Waals surface area (Å²) in [4.78, 5) is 4.51. The Morgan fingerprint density at radius 1 is 1.44 bits per heavy atom. The molecule has 1 aliphatic heterocycles. The number of imidazole rings is 1. The second-order valence-electron chi connectivity index (χ2n) is 4.95. The molecule has 0 spiro atoms. The molecule has 0 saturated carbocycles. The van der Waals surface area contributed by atoms with Crippen LogP contribution in [-0.4, -0.2) is 15.6 Å². The predicted molar refractivity (Wildman–Crippen MR) is 73.7 cm³/mol. The van der Waals surface area contributed by atoms with Crippen LogP contribution in [0.15, 0.2) is 24.3 Å². The minimum atomic E-state index is 0.206. The molecule has 1 aromatic heterocycles. The molecule has 2 aromatic rings. The number of aromatic nitrogens is 2. The molecule has 0 fully saturated rings. The van der Waals surface area contributed by atoms with Gasteiger partial charge >= 0.3 is 0 Å². The van der Waals surface area contributed by atoms with Gasteiger partial charge in [-0.15, -0.1) is 0 Å². The maximum absolute atomic E-state index is 6.23. The van der Waals surface area contributed by atoms with Crippen LogP contribution in [0, 0.1) is 6.92 Å². The summed E-state index contributed by atoms with van der Waals surface area (Å²) in [5, 5.41) is 0.599. The van der Waals surface area contributed by atoms with Crippen LogP contribution in [0.1, 0.15) is 17.7 Å². The zero-order valence-corrected chi connectivity index (χ0v) is 11.1. The van der Waals surface area contributed by atoms with Crippen molar-refractivity contribution in [3.63, 3.8) is 0 Å². The van der Waals surface area contributed by atoms with Gasteiger partial charge in [-0.3, -0.25) is 0 Å².